The maximum Gasteiger partial charge on any atom is 0.150 e. The van der Waals surface area contributed by atoms with E-state index in [1.165, 1.54) is 6.07 Å². The van der Waals surface area contributed by atoms with Crippen LogP contribution in [0.3, 0.4) is 0 Å². The first-order valence-corrected chi connectivity index (χ1v) is 7.19. The quantitative estimate of drug-likeness (QED) is 0.845. The Labute approximate surface area is 121 Å². The third kappa shape index (κ3) is 3.25. The second kappa shape index (κ2) is 6.35. The molecule has 4 heteroatoms. The molecule has 1 atom stereocenters. The molecule has 0 amide bonds. The highest BCUT2D eigenvalue weighted by atomic mass is 79.9. The van der Waals surface area contributed by atoms with Gasteiger partial charge in [-0.05, 0) is 59.6 Å². The van der Waals surface area contributed by atoms with E-state index in [4.69, 9.17) is 4.42 Å². The summed E-state index contributed by atoms with van der Waals surface area (Å²) < 4.78 is 20.0. The predicted octanol–water partition coefficient (Wildman–Crippen LogP) is 4.91. The normalized spacial score (nSPS) is 12.6. The van der Waals surface area contributed by atoms with Gasteiger partial charge in [-0.25, -0.2) is 4.39 Å². The minimum atomic E-state index is -0.276. The lowest BCUT2D eigenvalue weighted by Gasteiger charge is -2.14. The fourth-order valence-electron chi connectivity index (χ4n) is 1.95. The lowest BCUT2D eigenvalue weighted by atomic mass is 10.0. The summed E-state index contributed by atoms with van der Waals surface area (Å²) in [5.41, 5.74) is 1.53. The molecule has 0 fully saturated rings. The van der Waals surface area contributed by atoms with Gasteiger partial charge in [-0.3, -0.25) is 0 Å². The van der Waals surface area contributed by atoms with Crippen LogP contribution >= 0.6 is 15.9 Å². The number of nitrogens with one attached hydrogen (secondary N) is 1. The highest BCUT2D eigenvalue weighted by Gasteiger charge is 2.14. The first-order valence-electron chi connectivity index (χ1n) is 6.39. The Bertz CT molecular complexity index is 553. The van der Waals surface area contributed by atoms with E-state index in [2.05, 4.69) is 35.1 Å². The molecule has 1 aromatic heterocycles. The topological polar surface area (TPSA) is 25.2 Å². The van der Waals surface area contributed by atoms with E-state index < -0.39 is 0 Å². The molecule has 0 aliphatic carbocycles. The van der Waals surface area contributed by atoms with E-state index in [9.17, 15) is 4.39 Å². The number of halogens is 2. The Balaban J connectivity index is 2.32. The molecule has 1 aromatic carbocycles. The first-order chi connectivity index (χ1) is 9.13. The molecule has 0 saturated heterocycles. The third-order valence-corrected chi connectivity index (χ3v) is 3.68. The summed E-state index contributed by atoms with van der Waals surface area (Å²) in [4.78, 5) is 0. The van der Waals surface area contributed by atoms with Gasteiger partial charge in [0.2, 0.25) is 0 Å². The van der Waals surface area contributed by atoms with Gasteiger partial charge in [-0.2, -0.15) is 0 Å². The molecule has 2 rings (SSSR count). The van der Waals surface area contributed by atoms with Gasteiger partial charge in [0.25, 0.3) is 0 Å². The number of rotatable bonds is 5. The lowest BCUT2D eigenvalue weighted by molar-refractivity contribution is 0.559. The van der Waals surface area contributed by atoms with E-state index in [1.807, 2.05) is 12.1 Å². The smallest absolute Gasteiger partial charge is 0.150 e. The van der Waals surface area contributed by atoms with Gasteiger partial charge >= 0.3 is 0 Å². The average molecular weight is 326 g/mol. The minimum Gasteiger partial charge on any atom is -0.463 e. The molecule has 102 valence electrons. The van der Waals surface area contributed by atoms with Crippen molar-refractivity contribution >= 4 is 15.9 Å². The SMILES string of the molecule is CCCNC(C)c1ccc(F)c(-c2occc2Br)c1. The molecule has 19 heavy (non-hydrogen) atoms. The van der Waals surface area contributed by atoms with Crippen LogP contribution in [0.4, 0.5) is 4.39 Å². The molecule has 1 unspecified atom stereocenters. The molecule has 2 nitrogen and oxygen atoms in total. The molecule has 1 N–H and O–H groups in total. The predicted molar refractivity (Wildman–Crippen MR) is 78.5 cm³/mol. The van der Waals surface area contributed by atoms with Crippen LogP contribution in [0.25, 0.3) is 11.3 Å². The molecular weight excluding hydrogens is 309 g/mol. The highest BCUT2D eigenvalue weighted by Crippen LogP contribution is 2.32. The molecule has 0 aliphatic heterocycles. The lowest BCUT2D eigenvalue weighted by Crippen LogP contribution is -2.19. The molecule has 0 aliphatic rings. The van der Waals surface area contributed by atoms with Crippen LogP contribution in [0.1, 0.15) is 31.9 Å². The Morgan fingerprint density at radius 2 is 2.16 bits per heavy atom. The highest BCUT2D eigenvalue weighted by molar-refractivity contribution is 9.10. The maximum absolute atomic E-state index is 13.9. The summed E-state index contributed by atoms with van der Waals surface area (Å²) in [5, 5.41) is 3.39. The fraction of sp³-hybridized carbons (Fsp3) is 0.333. The van der Waals surface area contributed by atoms with Gasteiger partial charge in [0.15, 0.2) is 5.76 Å². The monoisotopic (exact) mass is 325 g/mol. The van der Waals surface area contributed by atoms with Crippen molar-refractivity contribution < 1.29 is 8.81 Å². The Hall–Kier alpha value is -1.13. The maximum atomic E-state index is 13.9. The summed E-state index contributed by atoms with van der Waals surface area (Å²) in [6.45, 7) is 5.14. The van der Waals surface area contributed by atoms with E-state index in [1.54, 1.807) is 12.3 Å². The van der Waals surface area contributed by atoms with Crippen LogP contribution in [0.15, 0.2) is 39.4 Å². The number of benzene rings is 1. The molecule has 2 aromatic rings. The van der Waals surface area contributed by atoms with Crippen molar-refractivity contribution in [2.75, 3.05) is 6.54 Å². The second-order valence-electron chi connectivity index (χ2n) is 4.51. The van der Waals surface area contributed by atoms with E-state index in [0.29, 0.717) is 11.3 Å². The van der Waals surface area contributed by atoms with Crippen molar-refractivity contribution in [3.8, 4) is 11.3 Å². The van der Waals surface area contributed by atoms with Gasteiger partial charge < -0.3 is 9.73 Å². The minimum absolute atomic E-state index is 0.188. The molecule has 0 saturated carbocycles. The van der Waals surface area contributed by atoms with Crippen molar-refractivity contribution in [3.63, 3.8) is 0 Å². The average Bonchev–Trinajstić information content (AvgIpc) is 2.82. The largest absolute Gasteiger partial charge is 0.463 e. The third-order valence-electron chi connectivity index (χ3n) is 3.05. The fourth-order valence-corrected chi connectivity index (χ4v) is 2.37. The molecule has 0 bridgehead atoms. The van der Waals surface area contributed by atoms with E-state index >= 15 is 0 Å². The van der Waals surface area contributed by atoms with Crippen molar-refractivity contribution in [3.05, 3.63) is 46.4 Å². The van der Waals surface area contributed by atoms with Crippen molar-refractivity contribution in [1.82, 2.24) is 5.32 Å². The summed E-state index contributed by atoms with van der Waals surface area (Å²) in [6.07, 6.45) is 2.62. The summed E-state index contributed by atoms with van der Waals surface area (Å²) in [5.74, 6) is 0.254. The van der Waals surface area contributed by atoms with Gasteiger partial charge in [0.1, 0.15) is 5.82 Å². The van der Waals surface area contributed by atoms with Gasteiger partial charge in [-0.1, -0.05) is 13.0 Å². The van der Waals surface area contributed by atoms with Gasteiger partial charge in [0.05, 0.1) is 16.3 Å². The summed E-state index contributed by atoms with van der Waals surface area (Å²) in [7, 11) is 0. The first kappa shape index (κ1) is 14.3. The van der Waals surface area contributed by atoms with Crippen LogP contribution < -0.4 is 5.32 Å². The zero-order valence-corrected chi connectivity index (χ0v) is 12.6. The van der Waals surface area contributed by atoms with Crippen LogP contribution in [-0.2, 0) is 0 Å². The number of furan rings is 1. The summed E-state index contributed by atoms with van der Waals surface area (Å²) in [6, 6.07) is 7.09. The van der Waals surface area contributed by atoms with Crippen molar-refractivity contribution in [2.24, 2.45) is 0 Å². The van der Waals surface area contributed by atoms with Gasteiger partial charge in [-0.15, -0.1) is 0 Å². The second-order valence-corrected chi connectivity index (χ2v) is 5.37. The number of hydrogen-bond acceptors (Lipinski definition) is 2. The van der Waals surface area contributed by atoms with Crippen LogP contribution in [-0.4, -0.2) is 6.54 Å². The van der Waals surface area contributed by atoms with E-state index in [0.717, 1.165) is 23.0 Å². The Morgan fingerprint density at radius 3 is 2.79 bits per heavy atom. The number of hydrogen-bond donors (Lipinski definition) is 1. The van der Waals surface area contributed by atoms with Crippen LogP contribution in [0.5, 0.6) is 0 Å². The van der Waals surface area contributed by atoms with E-state index in [-0.39, 0.29) is 11.9 Å². The molecule has 1 heterocycles. The van der Waals surface area contributed by atoms with Crippen molar-refractivity contribution in [2.45, 2.75) is 26.3 Å². The zero-order valence-electron chi connectivity index (χ0n) is 11.0. The standard InChI is InChI=1S/C15H17BrFNO/c1-3-7-18-10(2)11-4-5-14(17)12(9-11)15-13(16)6-8-19-15/h4-6,8-10,18H,3,7H2,1-2H3. The van der Waals surface area contributed by atoms with Gasteiger partial charge in [0, 0.05) is 6.04 Å². The summed E-state index contributed by atoms with van der Waals surface area (Å²) >= 11 is 3.36. The van der Waals surface area contributed by atoms with Crippen molar-refractivity contribution in [1.29, 1.82) is 0 Å². The Kier molecular flexibility index (Phi) is 4.77. The Morgan fingerprint density at radius 1 is 1.37 bits per heavy atom. The molecule has 0 spiro atoms. The van der Waals surface area contributed by atoms with Crippen LogP contribution in [0.2, 0.25) is 0 Å². The molecular formula is C15H17BrFNO. The molecule has 0 radical (unpaired) electrons. The zero-order chi connectivity index (χ0) is 13.8. The van der Waals surface area contributed by atoms with Crippen LogP contribution in [0, 0.1) is 5.82 Å².